The van der Waals surface area contributed by atoms with Gasteiger partial charge < -0.3 is 15.2 Å². The summed E-state index contributed by atoms with van der Waals surface area (Å²) in [6, 6.07) is 11.0. The molecule has 4 N–H and O–H groups in total. The SMILES string of the molecule is Cc1ccc(S(=O)(=O)NC2CCC(O)CC2)cc1-c1cn2cc(-c3ccccc3F)nc(N)c2n1. The molecule has 2 aromatic carbocycles. The van der Waals surface area contributed by atoms with Crippen molar-refractivity contribution in [2.45, 2.75) is 49.6 Å². The molecule has 0 amide bonds. The van der Waals surface area contributed by atoms with Gasteiger partial charge in [0.15, 0.2) is 11.5 Å². The van der Waals surface area contributed by atoms with Crippen LogP contribution >= 0.6 is 0 Å². The number of nitrogens with two attached hydrogens (primary N) is 1. The topological polar surface area (TPSA) is 123 Å². The lowest BCUT2D eigenvalue weighted by atomic mass is 9.94. The van der Waals surface area contributed by atoms with E-state index in [0.717, 1.165) is 5.56 Å². The highest BCUT2D eigenvalue weighted by Crippen LogP contribution is 2.30. The lowest BCUT2D eigenvalue weighted by Gasteiger charge is -2.26. The number of benzene rings is 2. The Morgan fingerprint density at radius 3 is 2.43 bits per heavy atom. The van der Waals surface area contributed by atoms with Crippen LogP contribution in [0.5, 0.6) is 0 Å². The van der Waals surface area contributed by atoms with Crippen molar-refractivity contribution in [2.24, 2.45) is 0 Å². The molecule has 1 saturated carbocycles. The van der Waals surface area contributed by atoms with Crippen LogP contribution < -0.4 is 10.5 Å². The van der Waals surface area contributed by atoms with E-state index in [9.17, 15) is 17.9 Å². The molecular weight excluding hydrogens is 469 g/mol. The quantitative estimate of drug-likeness (QED) is 0.388. The normalized spacial score (nSPS) is 18.7. The molecule has 182 valence electrons. The molecule has 2 heterocycles. The van der Waals surface area contributed by atoms with Gasteiger partial charge in [0.1, 0.15) is 5.82 Å². The van der Waals surface area contributed by atoms with Crippen LogP contribution in [0.3, 0.4) is 0 Å². The zero-order valence-corrected chi connectivity index (χ0v) is 20.0. The van der Waals surface area contributed by atoms with Gasteiger partial charge in [0.25, 0.3) is 0 Å². The Balaban J connectivity index is 1.50. The van der Waals surface area contributed by atoms with E-state index >= 15 is 0 Å². The molecular formula is C25H26FN5O3S. The maximum absolute atomic E-state index is 14.3. The molecule has 0 atom stereocenters. The number of aliphatic hydroxyl groups excluding tert-OH is 1. The molecule has 0 radical (unpaired) electrons. The van der Waals surface area contributed by atoms with Crippen LogP contribution in [0.2, 0.25) is 0 Å². The maximum atomic E-state index is 14.3. The molecule has 0 aliphatic heterocycles. The minimum absolute atomic E-state index is 0.138. The fraction of sp³-hybridized carbons (Fsp3) is 0.280. The first-order valence-corrected chi connectivity index (χ1v) is 12.9. The average Bonchev–Trinajstić information content (AvgIpc) is 3.25. The first-order valence-electron chi connectivity index (χ1n) is 11.4. The summed E-state index contributed by atoms with van der Waals surface area (Å²) in [6.07, 6.45) is 5.37. The van der Waals surface area contributed by atoms with Gasteiger partial charge in [-0.1, -0.05) is 18.2 Å². The standard InChI is InChI=1S/C25H26FN5O3S/c1-15-6-11-18(35(33,34)30-16-7-9-17(32)10-8-16)12-20(15)23-14-31-13-22(28-24(27)25(31)29-23)19-4-2-3-5-21(19)26/h2-6,11-14,16-17,30,32H,7-10H2,1H3,(H2,27,28). The summed E-state index contributed by atoms with van der Waals surface area (Å²) >= 11 is 0. The zero-order valence-electron chi connectivity index (χ0n) is 19.1. The number of rotatable bonds is 5. The largest absolute Gasteiger partial charge is 0.393 e. The van der Waals surface area contributed by atoms with Crippen LogP contribution in [0.4, 0.5) is 10.2 Å². The number of hydrogen-bond donors (Lipinski definition) is 3. The number of imidazole rings is 1. The van der Waals surface area contributed by atoms with Gasteiger partial charge in [-0.15, -0.1) is 0 Å². The second-order valence-electron chi connectivity index (χ2n) is 8.95. The second-order valence-corrected chi connectivity index (χ2v) is 10.7. The van der Waals surface area contributed by atoms with E-state index in [1.54, 1.807) is 53.2 Å². The predicted molar refractivity (Wildman–Crippen MR) is 132 cm³/mol. The lowest BCUT2D eigenvalue weighted by Crippen LogP contribution is -2.38. The number of hydrogen-bond acceptors (Lipinski definition) is 6. The highest BCUT2D eigenvalue weighted by molar-refractivity contribution is 7.89. The summed E-state index contributed by atoms with van der Waals surface area (Å²) in [6.45, 7) is 1.87. The Bertz CT molecular complexity index is 1510. The summed E-state index contributed by atoms with van der Waals surface area (Å²) in [5, 5.41) is 9.69. The number of sulfonamides is 1. The number of halogens is 1. The van der Waals surface area contributed by atoms with Gasteiger partial charge >= 0.3 is 0 Å². The molecule has 0 spiro atoms. The molecule has 1 fully saturated rings. The molecule has 0 bridgehead atoms. The van der Waals surface area contributed by atoms with Crippen molar-refractivity contribution in [3.63, 3.8) is 0 Å². The van der Waals surface area contributed by atoms with Gasteiger partial charge in [-0.2, -0.15) is 0 Å². The fourth-order valence-electron chi connectivity index (χ4n) is 4.48. The Hall–Kier alpha value is -3.34. The van der Waals surface area contributed by atoms with E-state index < -0.39 is 15.8 Å². The molecule has 35 heavy (non-hydrogen) atoms. The van der Waals surface area contributed by atoms with Crippen molar-refractivity contribution in [1.29, 1.82) is 0 Å². The van der Waals surface area contributed by atoms with E-state index in [2.05, 4.69) is 14.7 Å². The van der Waals surface area contributed by atoms with Crippen molar-refractivity contribution in [3.05, 3.63) is 66.2 Å². The van der Waals surface area contributed by atoms with Gasteiger partial charge in [-0.25, -0.2) is 27.5 Å². The number of aryl methyl sites for hydroxylation is 1. The summed E-state index contributed by atoms with van der Waals surface area (Å²) in [4.78, 5) is 9.04. The van der Waals surface area contributed by atoms with E-state index in [-0.39, 0.29) is 22.9 Å². The fourth-order valence-corrected chi connectivity index (χ4v) is 5.81. The monoisotopic (exact) mass is 495 g/mol. The molecule has 0 unspecified atom stereocenters. The number of anilines is 1. The van der Waals surface area contributed by atoms with Crippen LogP contribution in [0.1, 0.15) is 31.2 Å². The summed E-state index contributed by atoms with van der Waals surface area (Å²) in [5.74, 6) is -0.271. The molecule has 4 aromatic rings. The smallest absolute Gasteiger partial charge is 0.240 e. The third-order valence-electron chi connectivity index (χ3n) is 6.43. The van der Waals surface area contributed by atoms with E-state index in [4.69, 9.17) is 5.73 Å². The van der Waals surface area contributed by atoms with Gasteiger partial charge in [0, 0.05) is 29.6 Å². The number of aliphatic hydroxyl groups is 1. The van der Waals surface area contributed by atoms with Crippen molar-refractivity contribution in [2.75, 3.05) is 5.73 Å². The Kier molecular flexibility index (Phi) is 6.04. The molecule has 0 saturated heterocycles. The minimum atomic E-state index is -3.76. The van der Waals surface area contributed by atoms with Crippen LogP contribution in [-0.2, 0) is 10.0 Å². The molecule has 10 heteroatoms. The maximum Gasteiger partial charge on any atom is 0.240 e. The lowest BCUT2D eigenvalue weighted by molar-refractivity contribution is 0.120. The highest BCUT2D eigenvalue weighted by atomic mass is 32.2. The third-order valence-corrected chi connectivity index (χ3v) is 7.95. The Labute approximate surface area is 202 Å². The number of nitrogens with one attached hydrogen (secondary N) is 1. The van der Waals surface area contributed by atoms with Gasteiger partial charge in [0.2, 0.25) is 10.0 Å². The first-order chi connectivity index (χ1) is 16.7. The zero-order chi connectivity index (χ0) is 24.7. The van der Waals surface area contributed by atoms with Crippen molar-refractivity contribution in [3.8, 4) is 22.5 Å². The van der Waals surface area contributed by atoms with Crippen LogP contribution in [-0.4, -0.2) is 40.0 Å². The summed E-state index contributed by atoms with van der Waals surface area (Å²) in [7, 11) is -3.76. The van der Waals surface area contributed by atoms with E-state index in [1.807, 2.05) is 6.92 Å². The Morgan fingerprint density at radius 1 is 1.03 bits per heavy atom. The number of nitrogens with zero attached hydrogens (tertiary/aromatic N) is 3. The summed E-state index contributed by atoms with van der Waals surface area (Å²) in [5.41, 5.74) is 9.24. The molecule has 1 aliphatic carbocycles. The molecule has 2 aromatic heterocycles. The molecule has 5 rings (SSSR count). The molecule has 8 nitrogen and oxygen atoms in total. The number of fused-ring (bicyclic) bond motifs is 1. The molecule has 1 aliphatic rings. The van der Waals surface area contributed by atoms with Crippen LogP contribution in [0.25, 0.3) is 28.2 Å². The van der Waals surface area contributed by atoms with Gasteiger partial charge in [0.05, 0.1) is 22.4 Å². The Morgan fingerprint density at radius 2 is 1.71 bits per heavy atom. The van der Waals surface area contributed by atoms with Crippen molar-refractivity contribution < 1.29 is 17.9 Å². The van der Waals surface area contributed by atoms with Crippen LogP contribution in [0.15, 0.2) is 59.8 Å². The predicted octanol–water partition coefficient (Wildman–Crippen LogP) is 3.67. The van der Waals surface area contributed by atoms with Gasteiger partial charge in [-0.05, 0) is 62.4 Å². The third kappa shape index (κ3) is 4.64. The van der Waals surface area contributed by atoms with Crippen LogP contribution in [0, 0.1) is 12.7 Å². The number of aromatic nitrogens is 3. The first kappa shape index (κ1) is 23.4. The highest BCUT2D eigenvalue weighted by Gasteiger charge is 2.25. The van der Waals surface area contributed by atoms with E-state index in [0.29, 0.717) is 53.8 Å². The average molecular weight is 496 g/mol. The van der Waals surface area contributed by atoms with E-state index in [1.165, 1.54) is 6.07 Å². The van der Waals surface area contributed by atoms with Crippen molar-refractivity contribution in [1.82, 2.24) is 19.1 Å². The second kappa shape index (κ2) is 9.03. The van der Waals surface area contributed by atoms with Gasteiger partial charge in [-0.3, -0.25) is 0 Å². The number of nitrogen functional groups attached to an aromatic ring is 1. The minimum Gasteiger partial charge on any atom is -0.393 e. The summed E-state index contributed by atoms with van der Waals surface area (Å²) < 4.78 is 44.9. The van der Waals surface area contributed by atoms with Crippen molar-refractivity contribution >= 4 is 21.5 Å².